The predicted octanol–water partition coefficient (Wildman–Crippen LogP) is -0.704. The minimum absolute atomic E-state index is 0.0775. The van der Waals surface area contributed by atoms with Crippen molar-refractivity contribution in [1.82, 2.24) is 5.32 Å². The van der Waals surface area contributed by atoms with Gasteiger partial charge in [-0.25, -0.2) is 0 Å². The summed E-state index contributed by atoms with van der Waals surface area (Å²) in [5.41, 5.74) is 5.82. The highest BCUT2D eigenvalue weighted by atomic mass is 16.7. The van der Waals surface area contributed by atoms with Crippen molar-refractivity contribution >= 4 is 0 Å². The quantitative estimate of drug-likeness (QED) is 0.524. The second-order valence-electron chi connectivity index (χ2n) is 2.78. The minimum atomic E-state index is -0.564. The van der Waals surface area contributed by atoms with Crippen LogP contribution in [0.2, 0.25) is 0 Å². The summed E-state index contributed by atoms with van der Waals surface area (Å²) < 4.78 is 10.5. The predicted molar refractivity (Wildman–Crippen MR) is 42.2 cm³/mol. The second kappa shape index (κ2) is 3.49. The van der Waals surface area contributed by atoms with Gasteiger partial charge in [0.15, 0.2) is 5.79 Å². The van der Waals surface area contributed by atoms with Gasteiger partial charge in [0.05, 0.1) is 6.04 Å². The Hall–Kier alpha value is -0.160. The summed E-state index contributed by atoms with van der Waals surface area (Å²) in [6.07, 6.45) is 0.807. The Kier molecular flexibility index (Phi) is 2.84. The molecule has 1 rings (SSSR count). The molecule has 0 bridgehead atoms. The zero-order valence-corrected chi connectivity index (χ0v) is 7.09. The van der Waals surface area contributed by atoms with E-state index in [1.165, 1.54) is 0 Å². The van der Waals surface area contributed by atoms with Crippen LogP contribution in [0, 0.1) is 0 Å². The molecule has 0 aromatic heterocycles. The smallest absolute Gasteiger partial charge is 0.185 e. The van der Waals surface area contributed by atoms with Crippen LogP contribution >= 0.6 is 0 Å². The topological polar surface area (TPSA) is 56.5 Å². The van der Waals surface area contributed by atoms with E-state index in [2.05, 4.69) is 5.32 Å². The normalized spacial score (nSPS) is 30.3. The van der Waals surface area contributed by atoms with Gasteiger partial charge >= 0.3 is 0 Å². The fraction of sp³-hybridized carbons (Fsp3) is 1.00. The summed E-state index contributed by atoms with van der Waals surface area (Å²) in [7, 11) is 3.27. The van der Waals surface area contributed by atoms with Crippen LogP contribution in [0.3, 0.4) is 0 Å². The first-order valence-electron chi connectivity index (χ1n) is 3.82. The third-order valence-electron chi connectivity index (χ3n) is 2.27. The van der Waals surface area contributed by atoms with Crippen LogP contribution in [-0.2, 0) is 9.47 Å². The molecule has 0 aromatic rings. The number of ether oxygens (including phenoxy) is 2. The number of hydrogen-bond acceptors (Lipinski definition) is 4. The molecule has 0 aliphatic carbocycles. The summed E-state index contributed by atoms with van der Waals surface area (Å²) in [5, 5.41) is 3.17. The Labute approximate surface area is 67.0 Å². The highest BCUT2D eigenvalue weighted by molar-refractivity contribution is 4.88. The molecule has 0 radical (unpaired) electrons. The van der Waals surface area contributed by atoms with Gasteiger partial charge < -0.3 is 20.5 Å². The highest BCUT2D eigenvalue weighted by Gasteiger charge is 2.38. The fourth-order valence-corrected chi connectivity index (χ4v) is 1.45. The molecule has 1 atom stereocenters. The van der Waals surface area contributed by atoms with Crippen LogP contribution in [0.1, 0.15) is 6.42 Å². The van der Waals surface area contributed by atoms with E-state index in [0.717, 1.165) is 19.5 Å². The summed E-state index contributed by atoms with van der Waals surface area (Å²) in [6, 6.07) is -0.0775. The Morgan fingerprint density at radius 1 is 1.45 bits per heavy atom. The van der Waals surface area contributed by atoms with Gasteiger partial charge in [-0.2, -0.15) is 0 Å². The van der Waals surface area contributed by atoms with Crippen molar-refractivity contribution < 1.29 is 9.47 Å². The monoisotopic (exact) mass is 160 g/mol. The number of nitrogens with two attached hydrogens (primary N) is 1. The molecule has 0 aromatic carbocycles. The first-order valence-corrected chi connectivity index (χ1v) is 3.82. The van der Waals surface area contributed by atoms with Gasteiger partial charge in [-0.1, -0.05) is 0 Å². The number of hydrogen-bond donors (Lipinski definition) is 2. The molecule has 0 amide bonds. The Balaban J connectivity index is 2.61. The van der Waals surface area contributed by atoms with E-state index in [9.17, 15) is 0 Å². The van der Waals surface area contributed by atoms with E-state index in [4.69, 9.17) is 15.2 Å². The van der Waals surface area contributed by atoms with E-state index in [-0.39, 0.29) is 6.04 Å². The summed E-state index contributed by atoms with van der Waals surface area (Å²) in [5.74, 6) is -0.564. The maximum absolute atomic E-state index is 5.82. The van der Waals surface area contributed by atoms with Gasteiger partial charge in [0.1, 0.15) is 0 Å². The lowest BCUT2D eigenvalue weighted by Crippen LogP contribution is -2.60. The Bertz CT molecular complexity index is 126. The maximum atomic E-state index is 5.82. The van der Waals surface area contributed by atoms with Gasteiger partial charge in [-0.05, 0) is 0 Å². The SMILES string of the molecule is COC1(OC)CCNCC1N. The summed E-state index contributed by atoms with van der Waals surface area (Å²) in [4.78, 5) is 0. The largest absolute Gasteiger partial charge is 0.352 e. The van der Waals surface area contributed by atoms with Crippen molar-refractivity contribution in [2.45, 2.75) is 18.2 Å². The van der Waals surface area contributed by atoms with Gasteiger partial charge in [0.25, 0.3) is 0 Å². The lowest BCUT2D eigenvalue weighted by Gasteiger charge is -2.39. The van der Waals surface area contributed by atoms with Crippen LogP contribution in [0.25, 0.3) is 0 Å². The van der Waals surface area contributed by atoms with Gasteiger partial charge in [0, 0.05) is 33.7 Å². The number of methoxy groups -OCH3 is 2. The third kappa shape index (κ3) is 1.54. The molecule has 66 valence electrons. The van der Waals surface area contributed by atoms with Crippen LogP contribution < -0.4 is 11.1 Å². The molecule has 1 fully saturated rings. The molecule has 3 N–H and O–H groups in total. The van der Waals surface area contributed by atoms with Gasteiger partial charge in [-0.15, -0.1) is 0 Å². The van der Waals surface area contributed by atoms with Crippen molar-refractivity contribution in [1.29, 1.82) is 0 Å². The Morgan fingerprint density at radius 2 is 2.09 bits per heavy atom. The average Bonchev–Trinajstić information content (AvgIpc) is 2.06. The van der Waals surface area contributed by atoms with Crippen molar-refractivity contribution in [3.63, 3.8) is 0 Å². The highest BCUT2D eigenvalue weighted by Crippen LogP contribution is 2.21. The average molecular weight is 160 g/mol. The molecule has 4 nitrogen and oxygen atoms in total. The molecular weight excluding hydrogens is 144 g/mol. The number of rotatable bonds is 2. The van der Waals surface area contributed by atoms with Crippen molar-refractivity contribution in [3.8, 4) is 0 Å². The Morgan fingerprint density at radius 3 is 2.45 bits per heavy atom. The first kappa shape index (κ1) is 8.93. The van der Waals surface area contributed by atoms with Crippen molar-refractivity contribution in [2.75, 3.05) is 27.3 Å². The molecule has 0 saturated carbocycles. The lowest BCUT2D eigenvalue weighted by atomic mass is 10.0. The molecule has 1 heterocycles. The van der Waals surface area contributed by atoms with E-state index < -0.39 is 5.79 Å². The van der Waals surface area contributed by atoms with E-state index in [0.29, 0.717) is 0 Å². The van der Waals surface area contributed by atoms with Crippen LogP contribution in [0.4, 0.5) is 0 Å². The standard InChI is InChI=1S/C7H16N2O2/c1-10-7(11-2)3-4-9-5-6(7)8/h6,9H,3-5,8H2,1-2H3. The van der Waals surface area contributed by atoms with E-state index in [1.807, 2.05) is 0 Å². The summed E-state index contributed by atoms with van der Waals surface area (Å²) in [6.45, 7) is 1.65. The molecular formula is C7H16N2O2. The van der Waals surface area contributed by atoms with Gasteiger partial charge in [-0.3, -0.25) is 0 Å². The molecule has 11 heavy (non-hydrogen) atoms. The van der Waals surface area contributed by atoms with Crippen LogP contribution in [-0.4, -0.2) is 39.1 Å². The van der Waals surface area contributed by atoms with Crippen molar-refractivity contribution in [2.24, 2.45) is 5.73 Å². The summed E-state index contributed by atoms with van der Waals surface area (Å²) >= 11 is 0. The number of piperidine rings is 1. The van der Waals surface area contributed by atoms with Crippen LogP contribution in [0.15, 0.2) is 0 Å². The first-order chi connectivity index (χ1) is 5.25. The molecule has 1 saturated heterocycles. The molecule has 1 unspecified atom stereocenters. The molecule has 1 aliphatic rings. The number of nitrogens with one attached hydrogen (secondary N) is 1. The third-order valence-corrected chi connectivity index (χ3v) is 2.27. The van der Waals surface area contributed by atoms with Gasteiger partial charge in [0.2, 0.25) is 0 Å². The minimum Gasteiger partial charge on any atom is -0.352 e. The zero-order chi connectivity index (χ0) is 8.32. The molecule has 4 heteroatoms. The second-order valence-corrected chi connectivity index (χ2v) is 2.78. The van der Waals surface area contributed by atoms with E-state index >= 15 is 0 Å². The maximum Gasteiger partial charge on any atom is 0.185 e. The lowest BCUT2D eigenvalue weighted by molar-refractivity contribution is -0.228. The van der Waals surface area contributed by atoms with Crippen LogP contribution in [0.5, 0.6) is 0 Å². The van der Waals surface area contributed by atoms with Crippen molar-refractivity contribution in [3.05, 3.63) is 0 Å². The molecule has 1 aliphatic heterocycles. The molecule has 0 spiro atoms. The van der Waals surface area contributed by atoms with E-state index in [1.54, 1.807) is 14.2 Å². The zero-order valence-electron chi connectivity index (χ0n) is 7.09. The fourth-order valence-electron chi connectivity index (χ4n) is 1.45.